The Hall–Kier alpha value is -0.570. The molecular weight excluding hydrogens is 214 g/mol. The number of hydrogen-bond acceptors (Lipinski definition) is 3. The van der Waals surface area contributed by atoms with Gasteiger partial charge < -0.3 is 10.1 Å². The molecule has 0 spiro atoms. The summed E-state index contributed by atoms with van der Waals surface area (Å²) >= 11 is 0. The van der Waals surface area contributed by atoms with Gasteiger partial charge in [-0.25, -0.2) is 0 Å². The second kappa shape index (κ2) is 5.85. The van der Waals surface area contributed by atoms with Crippen LogP contribution in [0.3, 0.4) is 0 Å². The van der Waals surface area contributed by atoms with Crippen molar-refractivity contribution in [2.75, 3.05) is 13.2 Å². The summed E-state index contributed by atoms with van der Waals surface area (Å²) in [6.07, 6.45) is 5.73. The maximum Gasteiger partial charge on any atom is 0.308 e. The summed E-state index contributed by atoms with van der Waals surface area (Å²) < 4.78 is 5.12. The Morgan fingerprint density at radius 3 is 2.76 bits per heavy atom. The van der Waals surface area contributed by atoms with Crippen LogP contribution in [0.1, 0.15) is 46.0 Å². The molecule has 0 aromatic rings. The van der Waals surface area contributed by atoms with Crippen molar-refractivity contribution in [2.45, 2.75) is 52.0 Å². The van der Waals surface area contributed by atoms with Crippen LogP contribution in [0.15, 0.2) is 0 Å². The SMILES string of the molecule is CCOC(=O)C1CCCC(NCC2CC2C)C1. The fraction of sp³-hybridized carbons (Fsp3) is 0.929. The van der Waals surface area contributed by atoms with Crippen LogP contribution >= 0.6 is 0 Å². The van der Waals surface area contributed by atoms with Crippen LogP contribution in [-0.4, -0.2) is 25.2 Å². The summed E-state index contributed by atoms with van der Waals surface area (Å²) in [5.74, 6) is 1.95. The number of esters is 1. The molecule has 0 bridgehead atoms. The third-order valence-corrected chi connectivity index (χ3v) is 4.24. The fourth-order valence-corrected chi connectivity index (χ4v) is 2.85. The summed E-state index contributed by atoms with van der Waals surface area (Å²) in [6, 6.07) is 0.533. The first-order valence-electron chi connectivity index (χ1n) is 7.10. The third kappa shape index (κ3) is 3.70. The largest absolute Gasteiger partial charge is 0.466 e. The van der Waals surface area contributed by atoms with Crippen LogP contribution in [0.5, 0.6) is 0 Å². The maximum atomic E-state index is 11.7. The standard InChI is InChI=1S/C14H25NO2/c1-3-17-14(16)11-5-4-6-13(8-11)15-9-12-7-10(12)2/h10-13,15H,3-9H2,1-2H3. The highest BCUT2D eigenvalue weighted by Gasteiger charge is 2.34. The summed E-state index contributed by atoms with van der Waals surface area (Å²) in [5, 5.41) is 3.63. The van der Waals surface area contributed by atoms with E-state index in [1.165, 1.54) is 12.8 Å². The van der Waals surface area contributed by atoms with Crippen LogP contribution < -0.4 is 5.32 Å². The van der Waals surface area contributed by atoms with E-state index in [0.717, 1.165) is 37.6 Å². The van der Waals surface area contributed by atoms with E-state index in [1.54, 1.807) is 0 Å². The Labute approximate surface area is 104 Å². The minimum absolute atomic E-state index is 0.0128. The van der Waals surface area contributed by atoms with E-state index in [9.17, 15) is 4.79 Å². The molecule has 2 aliphatic carbocycles. The van der Waals surface area contributed by atoms with E-state index in [2.05, 4.69) is 12.2 Å². The maximum absolute atomic E-state index is 11.7. The Morgan fingerprint density at radius 1 is 1.35 bits per heavy atom. The van der Waals surface area contributed by atoms with Crippen molar-refractivity contribution in [1.29, 1.82) is 0 Å². The molecule has 2 fully saturated rings. The highest BCUT2D eigenvalue weighted by atomic mass is 16.5. The van der Waals surface area contributed by atoms with Crippen molar-refractivity contribution in [3.8, 4) is 0 Å². The molecule has 1 N–H and O–H groups in total. The minimum Gasteiger partial charge on any atom is -0.466 e. The zero-order valence-corrected chi connectivity index (χ0v) is 11.1. The predicted octanol–water partition coefficient (Wildman–Crippen LogP) is 2.35. The second-order valence-electron chi connectivity index (χ2n) is 5.69. The van der Waals surface area contributed by atoms with E-state index in [1.807, 2.05) is 6.92 Å². The predicted molar refractivity (Wildman–Crippen MR) is 67.7 cm³/mol. The third-order valence-electron chi connectivity index (χ3n) is 4.24. The molecule has 0 aromatic heterocycles. The zero-order chi connectivity index (χ0) is 12.3. The molecular formula is C14H25NO2. The van der Waals surface area contributed by atoms with E-state index < -0.39 is 0 Å². The molecule has 0 radical (unpaired) electrons. The van der Waals surface area contributed by atoms with Gasteiger partial charge in [0.05, 0.1) is 12.5 Å². The lowest BCUT2D eigenvalue weighted by molar-refractivity contribution is -0.149. The number of carbonyl (C=O) groups is 1. The van der Waals surface area contributed by atoms with Crippen LogP contribution in [0, 0.1) is 17.8 Å². The lowest BCUT2D eigenvalue weighted by atomic mass is 9.85. The normalized spacial score (nSPS) is 36.6. The molecule has 0 saturated heterocycles. The van der Waals surface area contributed by atoms with Gasteiger partial charge in [-0.3, -0.25) is 4.79 Å². The average molecular weight is 239 g/mol. The molecule has 4 unspecified atom stereocenters. The molecule has 3 heteroatoms. The second-order valence-corrected chi connectivity index (χ2v) is 5.69. The van der Waals surface area contributed by atoms with Gasteiger partial charge in [0.1, 0.15) is 0 Å². The molecule has 2 rings (SSSR count). The topological polar surface area (TPSA) is 38.3 Å². The molecule has 0 amide bonds. The molecule has 0 heterocycles. The van der Waals surface area contributed by atoms with Gasteiger partial charge >= 0.3 is 5.97 Å². The van der Waals surface area contributed by atoms with Gasteiger partial charge in [0.25, 0.3) is 0 Å². The molecule has 2 aliphatic rings. The van der Waals surface area contributed by atoms with Crippen LogP contribution in [-0.2, 0) is 9.53 Å². The Morgan fingerprint density at radius 2 is 2.12 bits per heavy atom. The van der Waals surface area contributed by atoms with Crippen LogP contribution in [0.4, 0.5) is 0 Å². The average Bonchev–Trinajstić information content (AvgIpc) is 3.04. The first-order chi connectivity index (χ1) is 8.20. The smallest absolute Gasteiger partial charge is 0.308 e. The molecule has 0 aliphatic heterocycles. The van der Waals surface area contributed by atoms with E-state index in [-0.39, 0.29) is 11.9 Å². The minimum atomic E-state index is 0.0128. The van der Waals surface area contributed by atoms with Crippen LogP contribution in [0.2, 0.25) is 0 Å². The van der Waals surface area contributed by atoms with Crippen LogP contribution in [0.25, 0.3) is 0 Å². The van der Waals surface area contributed by atoms with Gasteiger partial charge in [0.15, 0.2) is 0 Å². The molecule has 4 atom stereocenters. The van der Waals surface area contributed by atoms with Gasteiger partial charge in [0.2, 0.25) is 0 Å². The number of rotatable bonds is 5. The van der Waals surface area contributed by atoms with E-state index in [4.69, 9.17) is 4.74 Å². The van der Waals surface area contributed by atoms with Crippen molar-refractivity contribution in [2.24, 2.45) is 17.8 Å². The number of hydrogen-bond donors (Lipinski definition) is 1. The summed E-state index contributed by atoms with van der Waals surface area (Å²) in [5.41, 5.74) is 0. The summed E-state index contributed by atoms with van der Waals surface area (Å²) in [4.78, 5) is 11.7. The lowest BCUT2D eigenvalue weighted by Gasteiger charge is -2.28. The molecule has 98 valence electrons. The van der Waals surface area contributed by atoms with Gasteiger partial charge in [-0.2, -0.15) is 0 Å². The Balaban J connectivity index is 1.70. The summed E-state index contributed by atoms with van der Waals surface area (Å²) in [6.45, 7) is 5.84. The Kier molecular flexibility index (Phi) is 4.43. The molecule has 0 aromatic carbocycles. The van der Waals surface area contributed by atoms with Crippen molar-refractivity contribution in [3.63, 3.8) is 0 Å². The van der Waals surface area contributed by atoms with Crippen molar-refractivity contribution in [3.05, 3.63) is 0 Å². The van der Waals surface area contributed by atoms with Crippen molar-refractivity contribution >= 4 is 5.97 Å². The first kappa shape index (κ1) is 12.9. The lowest BCUT2D eigenvalue weighted by Crippen LogP contribution is -2.38. The highest BCUT2D eigenvalue weighted by Crippen LogP contribution is 2.37. The van der Waals surface area contributed by atoms with Gasteiger partial charge in [-0.1, -0.05) is 13.3 Å². The van der Waals surface area contributed by atoms with Gasteiger partial charge in [-0.05, 0) is 51.0 Å². The summed E-state index contributed by atoms with van der Waals surface area (Å²) in [7, 11) is 0. The Bertz CT molecular complexity index is 267. The van der Waals surface area contributed by atoms with E-state index >= 15 is 0 Å². The number of nitrogens with one attached hydrogen (secondary N) is 1. The number of carbonyl (C=O) groups excluding carboxylic acids is 1. The quantitative estimate of drug-likeness (QED) is 0.748. The molecule has 3 nitrogen and oxygen atoms in total. The molecule has 17 heavy (non-hydrogen) atoms. The van der Waals surface area contributed by atoms with Crippen molar-refractivity contribution < 1.29 is 9.53 Å². The van der Waals surface area contributed by atoms with Gasteiger partial charge in [-0.15, -0.1) is 0 Å². The zero-order valence-electron chi connectivity index (χ0n) is 11.1. The van der Waals surface area contributed by atoms with Crippen molar-refractivity contribution in [1.82, 2.24) is 5.32 Å². The number of ether oxygens (including phenoxy) is 1. The monoisotopic (exact) mass is 239 g/mol. The molecule has 2 saturated carbocycles. The first-order valence-corrected chi connectivity index (χ1v) is 7.10. The fourth-order valence-electron chi connectivity index (χ4n) is 2.85. The van der Waals surface area contributed by atoms with E-state index in [0.29, 0.717) is 12.6 Å². The highest BCUT2D eigenvalue weighted by molar-refractivity contribution is 5.72. The van der Waals surface area contributed by atoms with Gasteiger partial charge in [0, 0.05) is 6.04 Å².